The molecule has 0 aliphatic carbocycles. The van der Waals surface area contributed by atoms with Gasteiger partial charge in [0.05, 0.1) is 11.4 Å². The fourth-order valence-electron chi connectivity index (χ4n) is 1.19. The molecule has 0 saturated heterocycles. The Balaban J connectivity index is 0.000000448. The third kappa shape index (κ3) is 6.53. The van der Waals surface area contributed by atoms with Crippen molar-refractivity contribution < 1.29 is 24.3 Å². The Morgan fingerprint density at radius 1 is 1.10 bits per heavy atom. The smallest absolute Gasteiger partial charge is 0.219 e. The van der Waals surface area contributed by atoms with Gasteiger partial charge in [0.2, 0.25) is 5.91 Å². The van der Waals surface area contributed by atoms with Gasteiger partial charge in [-0.05, 0) is 36.8 Å². The number of pyridine rings is 2. The summed E-state index contributed by atoms with van der Waals surface area (Å²) in [5.74, 6) is -0.250. The molecule has 2 heterocycles. The number of nitrogens with zero attached hydrogens (tertiary/aromatic N) is 2. The van der Waals surface area contributed by atoms with E-state index >= 15 is 0 Å². The standard InChI is InChI=1S/C11H10N2.C4H9NO.Ru/c1-9-5-7-13-11(8-9)10-4-2-3-6-12-10;1-3(2)4(5)6;/h2-8H,1H3;3H,1-2H3,(H2,5,6);. The van der Waals surface area contributed by atoms with Crippen LogP contribution in [-0.4, -0.2) is 15.9 Å². The Labute approximate surface area is 132 Å². The molecule has 20 heavy (non-hydrogen) atoms. The third-order valence-electron chi connectivity index (χ3n) is 2.41. The van der Waals surface area contributed by atoms with E-state index in [4.69, 9.17) is 5.73 Å². The van der Waals surface area contributed by atoms with Crippen LogP contribution in [0, 0.1) is 12.8 Å². The molecule has 2 rings (SSSR count). The van der Waals surface area contributed by atoms with Gasteiger partial charge in [-0.15, -0.1) is 0 Å². The van der Waals surface area contributed by atoms with E-state index in [9.17, 15) is 4.79 Å². The molecule has 2 aromatic heterocycles. The van der Waals surface area contributed by atoms with Crippen LogP contribution in [0.1, 0.15) is 19.4 Å². The van der Waals surface area contributed by atoms with E-state index in [-0.39, 0.29) is 31.3 Å². The van der Waals surface area contributed by atoms with Gasteiger partial charge >= 0.3 is 0 Å². The van der Waals surface area contributed by atoms with Gasteiger partial charge in [0.15, 0.2) is 0 Å². The van der Waals surface area contributed by atoms with E-state index in [2.05, 4.69) is 9.97 Å². The van der Waals surface area contributed by atoms with Crippen LogP contribution < -0.4 is 5.73 Å². The minimum atomic E-state index is -0.241. The summed E-state index contributed by atoms with van der Waals surface area (Å²) in [5, 5.41) is 0. The quantitative estimate of drug-likeness (QED) is 0.839. The van der Waals surface area contributed by atoms with Crippen LogP contribution in [0.4, 0.5) is 0 Å². The second-order valence-electron chi connectivity index (χ2n) is 4.49. The predicted octanol–water partition coefficient (Wildman–Crippen LogP) is 2.58. The first-order valence-electron chi connectivity index (χ1n) is 6.14. The molecule has 0 bridgehead atoms. The van der Waals surface area contributed by atoms with Crippen LogP contribution in [0.5, 0.6) is 0 Å². The Morgan fingerprint density at radius 2 is 1.70 bits per heavy atom. The molecular formula is C15H19N3ORu. The molecule has 4 nitrogen and oxygen atoms in total. The molecular weight excluding hydrogens is 339 g/mol. The van der Waals surface area contributed by atoms with Crippen molar-refractivity contribution >= 4 is 5.91 Å². The fraction of sp³-hybridized carbons (Fsp3) is 0.267. The molecule has 2 N–H and O–H groups in total. The van der Waals surface area contributed by atoms with Crippen molar-refractivity contribution in [3.8, 4) is 11.4 Å². The van der Waals surface area contributed by atoms with Gasteiger partial charge < -0.3 is 5.73 Å². The van der Waals surface area contributed by atoms with Gasteiger partial charge in [0.1, 0.15) is 0 Å². The SMILES string of the molecule is CC(C)C(N)=O.Cc1ccnc(-c2ccccn2)c1.[Ru]. The maximum absolute atomic E-state index is 9.92. The summed E-state index contributed by atoms with van der Waals surface area (Å²) in [6.07, 6.45) is 3.58. The van der Waals surface area contributed by atoms with E-state index in [1.807, 2.05) is 37.3 Å². The maximum atomic E-state index is 9.92. The zero-order chi connectivity index (χ0) is 14.3. The van der Waals surface area contributed by atoms with E-state index in [0.29, 0.717) is 0 Å². The van der Waals surface area contributed by atoms with Gasteiger partial charge in [0.25, 0.3) is 0 Å². The second kappa shape index (κ2) is 9.32. The number of aromatic nitrogens is 2. The normalized spacial score (nSPS) is 9.20. The maximum Gasteiger partial charge on any atom is 0.219 e. The van der Waals surface area contributed by atoms with Crippen LogP contribution >= 0.6 is 0 Å². The summed E-state index contributed by atoms with van der Waals surface area (Å²) in [6, 6.07) is 9.84. The number of hydrogen-bond donors (Lipinski definition) is 1. The molecule has 2 aromatic rings. The molecule has 0 aliphatic heterocycles. The summed E-state index contributed by atoms with van der Waals surface area (Å²) >= 11 is 0. The first-order valence-corrected chi connectivity index (χ1v) is 6.14. The average molecular weight is 358 g/mol. The Morgan fingerprint density at radius 3 is 2.15 bits per heavy atom. The summed E-state index contributed by atoms with van der Waals surface area (Å²) in [6.45, 7) is 5.58. The Bertz CT molecular complexity index is 530. The Kier molecular flexibility index (Phi) is 8.57. The zero-order valence-corrected chi connectivity index (χ0v) is 13.6. The number of primary amides is 1. The van der Waals surface area contributed by atoms with E-state index in [1.54, 1.807) is 26.2 Å². The minimum Gasteiger partial charge on any atom is -0.369 e. The summed E-state index contributed by atoms with van der Waals surface area (Å²) in [4.78, 5) is 18.4. The molecule has 108 valence electrons. The van der Waals surface area contributed by atoms with Crippen LogP contribution in [0.3, 0.4) is 0 Å². The third-order valence-corrected chi connectivity index (χ3v) is 2.41. The molecule has 0 aromatic carbocycles. The molecule has 0 saturated carbocycles. The van der Waals surface area contributed by atoms with Crippen molar-refractivity contribution in [2.75, 3.05) is 0 Å². The number of rotatable bonds is 2. The van der Waals surface area contributed by atoms with Crippen molar-refractivity contribution in [1.29, 1.82) is 0 Å². The van der Waals surface area contributed by atoms with Gasteiger partial charge in [0, 0.05) is 37.8 Å². The molecule has 0 spiro atoms. The molecule has 0 unspecified atom stereocenters. The molecule has 0 radical (unpaired) electrons. The van der Waals surface area contributed by atoms with E-state index in [0.717, 1.165) is 11.4 Å². The van der Waals surface area contributed by atoms with Gasteiger partial charge in [-0.3, -0.25) is 14.8 Å². The van der Waals surface area contributed by atoms with Crippen molar-refractivity contribution in [3.05, 3.63) is 48.3 Å². The van der Waals surface area contributed by atoms with Gasteiger partial charge in [-0.25, -0.2) is 0 Å². The number of nitrogens with two attached hydrogens (primary N) is 1. The first kappa shape index (κ1) is 18.4. The van der Waals surface area contributed by atoms with Crippen molar-refractivity contribution in [3.63, 3.8) is 0 Å². The van der Waals surface area contributed by atoms with Gasteiger partial charge in [-0.1, -0.05) is 19.9 Å². The summed E-state index contributed by atoms with van der Waals surface area (Å²) < 4.78 is 0. The Hall–Kier alpha value is -1.61. The molecule has 0 atom stereocenters. The average Bonchev–Trinajstić information content (AvgIpc) is 2.40. The summed E-state index contributed by atoms with van der Waals surface area (Å²) in [5.41, 5.74) is 7.85. The number of carbonyl (C=O) groups excluding carboxylic acids is 1. The monoisotopic (exact) mass is 359 g/mol. The van der Waals surface area contributed by atoms with Crippen LogP contribution in [0.15, 0.2) is 42.7 Å². The zero-order valence-electron chi connectivity index (χ0n) is 11.9. The number of aryl methyl sites for hydroxylation is 1. The minimum absolute atomic E-state index is 0. The number of carbonyl (C=O) groups is 1. The summed E-state index contributed by atoms with van der Waals surface area (Å²) in [7, 11) is 0. The van der Waals surface area contributed by atoms with E-state index in [1.165, 1.54) is 5.56 Å². The van der Waals surface area contributed by atoms with Gasteiger partial charge in [-0.2, -0.15) is 0 Å². The molecule has 0 aliphatic rings. The number of amides is 1. The largest absolute Gasteiger partial charge is 0.369 e. The molecule has 0 fully saturated rings. The number of hydrogen-bond acceptors (Lipinski definition) is 3. The molecule has 5 heteroatoms. The topological polar surface area (TPSA) is 68.9 Å². The molecule has 1 amide bonds. The van der Waals surface area contributed by atoms with Crippen molar-refractivity contribution in [2.24, 2.45) is 11.7 Å². The fourth-order valence-corrected chi connectivity index (χ4v) is 1.19. The van der Waals surface area contributed by atoms with Crippen LogP contribution in [-0.2, 0) is 24.3 Å². The van der Waals surface area contributed by atoms with Crippen molar-refractivity contribution in [2.45, 2.75) is 20.8 Å². The second-order valence-corrected chi connectivity index (χ2v) is 4.49. The van der Waals surface area contributed by atoms with Crippen LogP contribution in [0.25, 0.3) is 11.4 Å². The first-order chi connectivity index (χ1) is 9.00. The van der Waals surface area contributed by atoms with Crippen molar-refractivity contribution in [1.82, 2.24) is 9.97 Å². The van der Waals surface area contributed by atoms with E-state index < -0.39 is 0 Å². The predicted molar refractivity (Wildman–Crippen MR) is 76.2 cm³/mol. The van der Waals surface area contributed by atoms with Crippen LogP contribution in [0.2, 0.25) is 0 Å².